The van der Waals surface area contributed by atoms with Gasteiger partial charge < -0.3 is 10.1 Å². The van der Waals surface area contributed by atoms with Crippen LogP contribution < -0.4 is 10.1 Å². The van der Waals surface area contributed by atoms with E-state index in [1.54, 1.807) is 24.4 Å². The normalized spacial score (nSPS) is 18.8. The number of hydrogen-bond donors (Lipinski definition) is 1. The van der Waals surface area contributed by atoms with Crippen molar-refractivity contribution in [1.82, 2.24) is 15.2 Å². The molecule has 1 atom stereocenters. The first-order chi connectivity index (χ1) is 11.2. The van der Waals surface area contributed by atoms with Crippen molar-refractivity contribution in [2.45, 2.75) is 6.04 Å². The zero-order chi connectivity index (χ0) is 16.1. The molecule has 0 saturated carbocycles. The summed E-state index contributed by atoms with van der Waals surface area (Å²) in [6.45, 7) is 4.27. The number of benzene rings is 1. The minimum Gasteiger partial charge on any atom is -0.491 e. The van der Waals surface area contributed by atoms with Crippen molar-refractivity contribution in [1.29, 1.82) is 0 Å². The number of ether oxygens (including phenoxy) is 1. The second-order valence-electron chi connectivity index (χ2n) is 5.47. The van der Waals surface area contributed by atoms with Gasteiger partial charge in [0.1, 0.15) is 12.4 Å². The fourth-order valence-corrected chi connectivity index (χ4v) is 3.11. The number of aromatic nitrogens is 1. The van der Waals surface area contributed by atoms with E-state index < -0.39 is 0 Å². The monoisotopic (exact) mass is 351 g/mol. The van der Waals surface area contributed by atoms with Gasteiger partial charge in [0, 0.05) is 55.7 Å². The second kappa shape index (κ2) is 7.97. The molecule has 0 bridgehead atoms. The fourth-order valence-electron chi connectivity index (χ4n) is 2.78. The number of piperazine rings is 1. The summed E-state index contributed by atoms with van der Waals surface area (Å²) in [5.74, 6) is 0.632. The lowest BCUT2D eigenvalue weighted by Gasteiger charge is -2.36. The third kappa shape index (κ3) is 4.36. The highest BCUT2D eigenvalue weighted by atomic mass is 35.5. The van der Waals surface area contributed by atoms with Crippen molar-refractivity contribution < 1.29 is 4.74 Å². The lowest BCUT2D eigenvalue weighted by Crippen LogP contribution is -2.47. The lowest BCUT2D eigenvalue weighted by molar-refractivity contribution is 0.134. The van der Waals surface area contributed by atoms with Crippen LogP contribution in [0.15, 0.2) is 42.7 Å². The van der Waals surface area contributed by atoms with E-state index in [4.69, 9.17) is 27.9 Å². The molecule has 1 aliphatic heterocycles. The Kier molecular flexibility index (Phi) is 5.73. The van der Waals surface area contributed by atoms with Crippen LogP contribution in [0, 0.1) is 0 Å². The molecule has 2 aromatic rings. The highest BCUT2D eigenvalue weighted by Crippen LogP contribution is 2.28. The van der Waals surface area contributed by atoms with Crippen molar-refractivity contribution in [3.05, 3.63) is 58.3 Å². The van der Waals surface area contributed by atoms with Crippen LogP contribution in [0.5, 0.6) is 5.75 Å². The molecule has 23 heavy (non-hydrogen) atoms. The highest BCUT2D eigenvalue weighted by Gasteiger charge is 2.23. The summed E-state index contributed by atoms with van der Waals surface area (Å²) >= 11 is 12.1. The molecule has 1 N–H and O–H groups in total. The van der Waals surface area contributed by atoms with Crippen LogP contribution in [0.3, 0.4) is 0 Å². The number of rotatable bonds is 5. The molecule has 1 unspecified atom stereocenters. The van der Waals surface area contributed by atoms with Gasteiger partial charge in [0.2, 0.25) is 0 Å². The number of nitrogens with zero attached hydrogens (tertiary/aromatic N) is 2. The largest absolute Gasteiger partial charge is 0.491 e. The van der Waals surface area contributed by atoms with Crippen LogP contribution in [-0.2, 0) is 0 Å². The van der Waals surface area contributed by atoms with Crippen molar-refractivity contribution in [2.75, 3.05) is 32.8 Å². The van der Waals surface area contributed by atoms with E-state index in [1.165, 1.54) is 5.56 Å². The summed E-state index contributed by atoms with van der Waals surface area (Å²) < 4.78 is 5.81. The second-order valence-corrected chi connectivity index (χ2v) is 6.31. The van der Waals surface area contributed by atoms with Crippen LogP contribution in [0.1, 0.15) is 11.6 Å². The third-order valence-corrected chi connectivity index (χ3v) is 4.50. The van der Waals surface area contributed by atoms with Gasteiger partial charge in [-0.3, -0.25) is 9.88 Å². The molecule has 6 heteroatoms. The molecule has 1 fully saturated rings. The number of nitrogens with one attached hydrogen (secondary N) is 1. The number of pyridine rings is 1. The molecular formula is C17H19Cl2N3O. The van der Waals surface area contributed by atoms with Gasteiger partial charge in [0.15, 0.2) is 0 Å². The molecule has 1 saturated heterocycles. The van der Waals surface area contributed by atoms with Crippen molar-refractivity contribution >= 4 is 23.2 Å². The minimum absolute atomic E-state index is 0.316. The van der Waals surface area contributed by atoms with Crippen LogP contribution >= 0.6 is 23.2 Å². The molecule has 3 rings (SSSR count). The zero-order valence-corrected chi connectivity index (χ0v) is 14.2. The maximum atomic E-state index is 6.13. The molecular weight excluding hydrogens is 333 g/mol. The topological polar surface area (TPSA) is 37.4 Å². The van der Waals surface area contributed by atoms with E-state index in [2.05, 4.69) is 21.3 Å². The van der Waals surface area contributed by atoms with Gasteiger partial charge in [-0.1, -0.05) is 29.3 Å². The Hall–Kier alpha value is -1.33. The Morgan fingerprint density at radius 1 is 1.30 bits per heavy atom. The maximum absolute atomic E-state index is 6.13. The summed E-state index contributed by atoms with van der Waals surface area (Å²) in [6, 6.07) is 9.67. The van der Waals surface area contributed by atoms with E-state index >= 15 is 0 Å². The highest BCUT2D eigenvalue weighted by molar-refractivity contribution is 6.34. The predicted octanol–water partition coefficient (Wildman–Crippen LogP) is 3.41. The molecule has 2 heterocycles. The molecule has 0 radical (unpaired) electrons. The zero-order valence-electron chi connectivity index (χ0n) is 12.7. The summed E-state index contributed by atoms with van der Waals surface area (Å²) in [6.07, 6.45) is 3.73. The van der Waals surface area contributed by atoms with Crippen LogP contribution in [0.2, 0.25) is 10.0 Å². The quantitative estimate of drug-likeness (QED) is 0.895. The van der Waals surface area contributed by atoms with Crippen molar-refractivity contribution in [3.8, 4) is 5.75 Å². The van der Waals surface area contributed by atoms with E-state index in [9.17, 15) is 0 Å². The Labute approximate surface area is 146 Å². The fraction of sp³-hybridized carbons (Fsp3) is 0.353. The average molecular weight is 352 g/mol. The Bertz CT molecular complexity index is 639. The van der Waals surface area contributed by atoms with E-state index in [0.29, 0.717) is 28.4 Å². The SMILES string of the molecule is Clc1ccc(Cl)c(OCCN2CCNCC2c2cccnc2)c1. The number of hydrogen-bond acceptors (Lipinski definition) is 4. The summed E-state index contributed by atoms with van der Waals surface area (Å²) in [4.78, 5) is 6.63. The van der Waals surface area contributed by atoms with Gasteiger partial charge >= 0.3 is 0 Å². The first-order valence-electron chi connectivity index (χ1n) is 7.66. The molecule has 0 aliphatic carbocycles. The van der Waals surface area contributed by atoms with Crippen molar-refractivity contribution in [3.63, 3.8) is 0 Å². The van der Waals surface area contributed by atoms with E-state index in [0.717, 1.165) is 26.2 Å². The lowest BCUT2D eigenvalue weighted by atomic mass is 10.1. The van der Waals surface area contributed by atoms with Gasteiger partial charge in [-0.05, 0) is 23.8 Å². The number of halogens is 2. The Morgan fingerprint density at radius 2 is 2.22 bits per heavy atom. The van der Waals surface area contributed by atoms with Gasteiger partial charge in [0.25, 0.3) is 0 Å². The summed E-state index contributed by atoms with van der Waals surface area (Å²) in [5, 5.41) is 4.65. The van der Waals surface area contributed by atoms with Gasteiger partial charge in [-0.15, -0.1) is 0 Å². The predicted molar refractivity (Wildman–Crippen MR) is 93.4 cm³/mol. The standard InChI is InChI=1S/C17H19Cl2N3O/c18-14-3-4-15(19)17(10-14)23-9-8-22-7-6-21-12-16(22)13-2-1-5-20-11-13/h1-5,10-11,16,21H,6-9,12H2. The molecule has 4 nitrogen and oxygen atoms in total. The summed E-state index contributed by atoms with van der Waals surface area (Å²) in [5.41, 5.74) is 1.22. The molecule has 122 valence electrons. The maximum Gasteiger partial charge on any atom is 0.139 e. The van der Waals surface area contributed by atoms with E-state index in [-0.39, 0.29) is 0 Å². The van der Waals surface area contributed by atoms with Gasteiger partial charge in [-0.2, -0.15) is 0 Å². The third-order valence-electron chi connectivity index (χ3n) is 3.95. The van der Waals surface area contributed by atoms with Gasteiger partial charge in [-0.25, -0.2) is 0 Å². The minimum atomic E-state index is 0.316. The molecule has 0 spiro atoms. The van der Waals surface area contributed by atoms with Crippen LogP contribution in [0.25, 0.3) is 0 Å². The Morgan fingerprint density at radius 3 is 3.04 bits per heavy atom. The van der Waals surface area contributed by atoms with Gasteiger partial charge in [0.05, 0.1) is 5.02 Å². The molecule has 0 amide bonds. The smallest absolute Gasteiger partial charge is 0.139 e. The Balaban J connectivity index is 1.60. The molecule has 1 aromatic carbocycles. The average Bonchev–Trinajstić information content (AvgIpc) is 2.59. The first kappa shape index (κ1) is 16.5. The van der Waals surface area contributed by atoms with Crippen molar-refractivity contribution in [2.24, 2.45) is 0 Å². The summed E-state index contributed by atoms with van der Waals surface area (Å²) in [7, 11) is 0. The molecule has 1 aliphatic rings. The first-order valence-corrected chi connectivity index (χ1v) is 8.42. The van der Waals surface area contributed by atoms with E-state index in [1.807, 2.05) is 12.3 Å². The van der Waals surface area contributed by atoms with Crippen LogP contribution in [-0.4, -0.2) is 42.7 Å². The molecule has 1 aromatic heterocycles. The van der Waals surface area contributed by atoms with Crippen LogP contribution in [0.4, 0.5) is 0 Å².